The number of aromatic nitrogens is 2. The van der Waals surface area contributed by atoms with Gasteiger partial charge in [-0.05, 0) is 18.6 Å². The highest BCUT2D eigenvalue weighted by Crippen LogP contribution is 2.31. The summed E-state index contributed by atoms with van der Waals surface area (Å²) in [6, 6.07) is 0.652. The van der Waals surface area contributed by atoms with Gasteiger partial charge in [-0.25, -0.2) is 4.79 Å². The molecule has 2 aromatic heterocycles. The number of amides is 1. The molecule has 2 aromatic rings. The molecule has 3 heterocycles. The fraction of sp³-hybridized carbons (Fsp3) is 0.400. The van der Waals surface area contributed by atoms with Crippen LogP contribution in [0.2, 0.25) is 0 Å². The Kier molecular flexibility index (Phi) is 3.70. The summed E-state index contributed by atoms with van der Waals surface area (Å²) >= 11 is 0. The first-order chi connectivity index (χ1) is 10.6. The molecule has 0 aromatic carbocycles. The van der Waals surface area contributed by atoms with E-state index in [1.54, 1.807) is 23.1 Å². The fourth-order valence-electron chi connectivity index (χ4n) is 2.80. The van der Waals surface area contributed by atoms with Crippen LogP contribution in [0.4, 0.5) is 0 Å². The number of fused-ring (bicyclic) bond motifs is 1. The van der Waals surface area contributed by atoms with Crippen molar-refractivity contribution in [2.75, 3.05) is 6.54 Å². The van der Waals surface area contributed by atoms with E-state index in [1.807, 2.05) is 6.92 Å². The second-order valence-electron chi connectivity index (χ2n) is 5.26. The number of carbonyl (C=O) groups excluding carboxylic acids is 1. The highest BCUT2D eigenvalue weighted by molar-refractivity contribution is 5.86. The van der Waals surface area contributed by atoms with Crippen LogP contribution in [0.25, 0.3) is 0 Å². The van der Waals surface area contributed by atoms with Crippen LogP contribution in [0.5, 0.6) is 0 Å². The molecule has 0 saturated heterocycles. The number of carbonyl (C=O) groups is 2. The molecule has 0 aliphatic carbocycles. The lowest BCUT2D eigenvalue weighted by Crippen LogP contribution is -2.43. The van der Waals surface area contributed by atoms with Crippen LogP contribution in [0.15, 0.2) is 29.1 Å². The van der Waals surface area contributed by atoms with Crippen LogP contribution < -0.4 is 0 Å². The maximum Gasteiger partial charge on any atom is 0.331 e. The summed E-state index contributed by atoms with van der Waals surface area (Å²) in [5.74, 6) is -0.606. The van der Waals surface area contributed by atoms with Gasteiger partial charge in [0.15, 0.2) is 6.04 Å². The normalized spacial score (nSPS) is 17.3. The number of hydrogen-bond donors (Lipinski definition) is 1. The van der Waals surface area contributed by atoms with Crippen LogP contribution in [-0.4, -0.2) is 38.2 Å². The Hall–Kier alpha value is -2.57. The predicted molar refractivity (Wildman–Crippen MR) is 76.1 cm³/mol. The molecule has 1 aliphatic rings. The molecule has 1 aliphatic heterocycles. The van der Waals surface area contributed by atoms with Crippen LogP contribution in [0, 0.1) is 0 Å². The van der Waals surface area contributed by atoms with Gasteiger partial charge in [-0.15, -0.1) is 0 Å². The van der Waals surface area contributed by atoms with Crippen LogP contribution in [0.3, 0.4) is 0 Å². The second kappa shape index (κ2) is 5.67. The Morgan fingerprint density at radius 1 is 1.50 bits per heavy atom. The summed E-state index contributed by atoms with van der Waals surface area (Å²) in [4.78, 5) is 25.5. The third-order valence-corrected chi connectivity index (χ3v) is 3.89. The summed E-state index contributed by atoms with van der Waals surface area (Å²) in [7, 11) is 0. The molecular weight excluding hydrogens is 286 g/mol. The summed E-state index contributed by atoms with van der Waals surface area (Å²) < 4.78 is 7.02. The number of aliphatic carboxylic acids is 1. The number of aryl methyl sites for hydroxylation is 1. The number of nitrogens with zero attached hydrogens (tertiary/aromatic N) is 3. The lowest BCUT2D eigenvalue weighted by Gasteiger charge is -2.32. The molecule has 1 amide bonds. The zero-order valence-electron chi connectivity index (χ0n) is 12.2. The lowest BCUT2D eigenvalue weighted by atomic mass is 9.98. The molecule has 1 atom stereocenters. The molecule has 0 spiro atoms. The topological polar surface area (TPSA) is 88.6 Å². The zero-order chi connectivity index (χ0) is 15.7. The highest BCUT2D eigenvalue weighted by Gasteiger charge is 2.37. The molecule has 116 valence electrons. The van der Waals surface area contributed by atoms with Gasteiger partial charge in [-0.2, -0.15) is 5.10 Å². The first-order valence-electron chi connectivity index (χ1n) is 7.20. The van der Waals surface area contributed by atoms with E-state index in [2.05, 4.69) is 5.10 Å². The zero-order valence-corrected chi connectivity index (χ0v) is 12.2. The summed E-state index contributed by atoms with van der Waals surface area (Å²) in [5.41, 5.74) is 1.35. The van der Waals surface area contributed by atoms with Crippen LogP contribution in [-0.2, 0) is 29.0 Å². The molecule has 7 nitrogen and oxygen atoms in total. The quantitative estimate of drug-likeness (QED) is 0.918. The minimum absolute atomic E-state index is 0.150. The molecule has 0 bridgehead atoms. The highest BCUT2D eigenvalue weighted by atomic mass is 16.4. The van der Waals surface area contributed by atoms with Crippen molar-refractivity contribution in [3.05, 3.63) is 41.6 Å². The van der Waals surface area contributed by atoms with Gasteiger partial charge >= 0.3 is 5.97 Å². The van der Waals surface area contributed by atoms with Crippen molar-refractivity contribution in [3.8, 4) is 0 Å². The van der Waals surface area contributed by atoms with Crippen molar-refractivity contribution in [1.82, 2.24) is 14.7 Å². The van der Waals surface area contributed by atoms with Crippen molar-refractivity contribution in [3.63, 3.8) is 0 Å². The van der Waals surface area contributed by atoms with Crippen molar-refractivity contribution < 1.29 is 19.1 Å². The average Bonchev–Trinajstić information content (AvgIpc) is 3.13. The number of carboxylic acid groups (broad SMARTS) is 1. The van der Waals surface area contributed by atoms with E-state index in [1.165, 1.54) is 11.2 Å². The van der Waals surface area contributed by atoms with E-state index in [0.717, 1.165) is 12.1 Å². The maximum atomic E-state index is 12.5. The van der Waals surface area contributed by atoms with E-state index >= 15 is 0 Å². The minimum atomic E-state index is -1.04. The van der Waals surface area contributed by atoms with Gasteiger partial charge in [0, 0.05) is 31.3 Å². The van der Waals surface area contributed by atoms with Crippen LogP contribution >= 0.6 is 0 Å². The smallest absolute Gasteiger partial charge is 0.331 e. The third kappa shape index (κ3) is 2.49. The van der Waals surface area contributed by atoms with Gasteiger partial charge in [0.05, 0.1) is 18.9 Å². The van der Waals surface area contributed by atoms with E-state index in [4.69, 9.17) is 4.42 Å². The van der Waals surface area contributed by atoms with E-state index in [9.17, 15) is 14.7 Å². The van der Waals surface area contributed by atoms with Gasteiger partial charge in [0.25, 0.3) is 0 Å². The van der Waals surface area contributed by atoms with E-state index < -0.39 is 12.0 Å². The fourth-order valence-corrected chi connectivity index (χ4v) is 2.80. The Morgan fingerprint density at radius 2 is 2.32 bits per heavy atom. The molecule has 0 saturated carbocycles. The maximum absolute atomic E-state index is 12.5. The largest absolute Gasteiger partial charge is 0.479 e. The summed E-state index contributed by atoms with van der Waals surface area (Å²) in [5, 5.41) is 13.6. The van der Waals surface area contributed by atoms with Gasteiger partial charge in [0.2, 0.25) is 5.91 Å². The van der Waals surface area contributed by atoms with E-state index in [-0.39, 0.29) is 12.3 Å². The molecule has 7 heteroatoms. The van der Waals surface area contributed by atoms with Gasteiger partial charge in [-0.1, -0.05) is 0 Å². The molecule has 1 unspecified atom stereocenters. The molecule has 22 heavy (non-hydrogen) atoms. The van der Waals surface area contributed by atoms with Crippen molar-refractivity contribution >= 4 is 11.9 Å². The second-order valence-corrected chi connectivity index (χ2v) is 5.26. The molecule has 0 fully saturated rings. The predicted octanol–water partition coefficient (Wildman–Crippen LogP) is 1.25. The Labute approximate surface area is 127 Å². The van der Waals surface area contributed by atoms with Gasteiger partial charge in [-0.3, -0.25) is 9.48 Å². The van der Waals surface area contributed by atoms with Crippen LogP contribution in [0.1, 0.15) is 29.9 Å². The van der Waals surface area contributed by atoms with Gasteiger partial charge in [0.1, 0.15) is 5.76 Å². The first kappa shape index (κ1) is 14.4. The Bertz CT molecular complexity index is 703. The molecule has 0 radical (unpaired) electrons. The van der Waals surface area contributed by atoms with Gasteiger partial charge < -0.3 is 14.4 Å². The number of rotatable bonds is 4. The van der Waals surface area contributed by atoms with Crippen molar-refractivity contribution in [2.45, 2.75) is 32.4 Å². The minimum Gasteiger partial charge on any atom is -0.479 e. The summed E-state index contributed by atoms with van der Waals surface area (Å²) in [6.45, 7) is 3.04. The number of hydrogen-bond acceptors (Lipinski definition) is 4. The SMILES string of the molecule is CCn1cc(CC(=O)N2CCc3occc3C2C(=O)O)cn1. The van der Waals surface area contributed by atoms with Crippen molar-refractivity contribution in [1.29, 1.82) is 0 Å². The van der Waals surface area contributed by atoms with Crippen molar-refractivity contribution in [2.24, 2.45) is 0 Å². The molecule has 1 N–H and O–H groups in total. The summed E-state index contributed by atoms with van der Waals surface area (Å²) in [6.07, 6.45) is 5.61. The monoisotopic (exact) mass is 303 g/mol. The van der Waals surface area contributed by atoms with E-state index in [0.29, 0.717) is 24.3 Å². The lowest BCUT2D eigenvalue weighted by molar-refractivity contribution is -0.151. The molecular formula is C15H17N3O4. The standard InChI is InChI=1S/C15H17N3O4/c1-2-17-9-10(8-16-17)7-13(19)18-5-3-12-11(4-6-22-12)14(18)15(20)21/h4,6,8-9,14H,2-3,5,7H2,1H3,(H,20,21). The number of furan rings is 1. The Balaban J connectivity index is 1.81. The Morgan fingerprint density at radius 3 is 3.00 bits per heavy atom. The molecule has 3 rings (SSSR count). The third-order valence-electron chi connectivity index (χ3n) is 3.89. The average molecular weight is 303 g/mol. The number of carboxylic acids is 1. The first-order valence-corrected chi connectivity index (χ1v) is 7.20.